The Morgan fingerprint density at radius 1 is 1.41 bits per heavy atom. The number of amides is 1. The largest absolute Gasteiger partial charge is 0.376 e. The number of nitrogens with zero attached hydrogens (tertiary/aromatic N) is 2. The molecule has 1 aromatic heterocycles. The van der Waals surface area contributed by atoms with Crippen molar-refractivity contribution in [1.29, 1.82) is 0 Å². The normalized spacial score (nSPS) is 19.1. The van der Waals surface area contributed by atoms with Crippen LogP contribution in [0, 0.1) is 12.7 Å². The monoisotopic (exact) mass is 393 g/mol. The lowest BCUT2D eigenvalue weighted by atomic mass is 10.0. The summed E-state index contributed by atoms with van der Waals surface area (Å²) in [7, 11) is 1.85. The zero-order chi connectivity index (χ0) is 19.6. The number of carbonyl (C=O) groups excluding carboxylic acids is 1. The van der Waals surface area contributed by atoms with Gasteiger partial charge < -0.3 is 14.6 Å². The van der Waals surface area contributed by atoms with Gasteiger partial charge in [0.1, 0.15) is 11.5 Å². The summed E-state index contributed by atoms with van der Waals surface area (Å²) in [6, 6.07) is 7.98. The SMILES string of the molecule is Cc1ccc(C(=O)NCC(c2c(F)cccc2Cl)N2CCOC(C)C2)n1C. The number of halogens is 2. The van der Waals surface area contributed by atoms with E-state index in [1.54, 1.807) is 18.2 Å². The van der Waals surface area contributed by atoms with Crippen molar-refractivity contribution < 1.29 is 13.9 Å². The number of hydrogen-bond acceptors (Lipinski definition) is 3. The molecule has 3 rings (SSSR count). The van der Waals surface area contributed by atoms with E-state index in [2.05, 4.69) is 10.2 Å². The molecule has 0 aliphatic carbocycles. The third-order valence-corrected chi connectivity index (χ3v) is 5.44. The zero-order valence-corrected chi connectivity index (χ0v) is 16.6. The Morgan fingerprint density at radius 2 is 2.19 bits per heavy atom. The van der Waals surface area contributed by atoms with E-state index < -0.39 is 0 Å². The van der Waals surface area contributed by atoms with E-state index >= 15 is 0 Å². The molecule has 1 N–H and O–H groups in total. The molecule has 27 heavy (non-hydrogen) atoms. The van der Waals surface area contributed by atoms with Crippen LogP contribution in [0.2, 0.25) is 5.02 Å². The highest BCUT2D eigenvalue weighted by molar-refractivity contribution is 6.31. The van der Waals surface area contributed by atoms with E-state index in [-0.39, 0.29) is 30.4 Å². The Hall–Kier alpha value is -1.89. The van der Waals surface area contributed by atoms with Crippen LogP contribution in [-0.4, -0.2) is 47.7 Å². The van der Waals surface area contributed by atoms with Crippen LogP contribution in [-0.2, 0) is 11.8 Å². The van der Waals surface area contributed by atoms with Crippen molar-refractivity contribution in [2.24, 2.45) is 7.05 Å². The number of aromatic nitrogens is 1. The van der Waals surface area contributed by atoms with Crippen molar-refractivity contribution in [2.75, 3.05) is 26.2 Å². The van der Waals surface area contributed by atoms with Crippen molar-refractivity contribution in [3.05, 3.63) is 58.1 Å². The number of ether oxygens (including phenoxy) is 1. The highest BCUT2D eigenvalue weighted by atomic mass is 35.5. The quantitative estimate of drug-likeness (QED) is 0.847. The van der Waals surface area contributed by atoms with Crippen LogP contribution < -0.4 is 5.32 Å². The lowest BCUT2D eigenvalue weighted by molar-refractivity contribution is -0.0346. The van der Waals surface area contributed by atoms with Crippen molar-refractivity contribution in [2.45, 2.75) is 26.0 Å². The average Bonchev–Trinajstić information content (AvgIpc) is 2.96. The molecule has 2 aromatic rings. The van der Waals surface area contributed by atoms with Crippen LogP contribution in [0.1, 0.15) is 34.7 Å². The fourth-order valence-corrected chi connectivity index (χ4v) is 3.78. The summed E-state index contributed by atoms with van der Waals surface area (Å²) in [5.74, 6) is -0.556. The van der Waals surface area contributed by atoms with Gasteiger partial charge in [0.2, 0.25) is 0 Å². The molecule has 0 spiro atoms. The number of rotatable bonds is 5. The number of aryl methyl sites for hydroxylation is 1. The summed E-state index contributed by atoms with van der Waals surface area (Å²) in [6.07, 6.45) is 0.0398. The first-order valence-corrected chi connectivity index (χ1v) is 9.46. The molecule has 1 saturated heterocycles. The van der Waals surface area contributed by atoms with Crippen LogP contribution in [0.4, 0.5) is 4.39 Å². The van der Waals surface area contributed by atoms with E-state index in [4.69, 9.17) is 16.3 Å². The summed E-state index contributed by atoms with van der Waals surface area (Å²) in [6.45, 7) is 6.05. The van der Waals surface area contributed by atoms with Gasteiger partial charge in [0.15, 0.2) is 0 Å². The Labute approximate surface area is 164 Å². The van der Waals surface area contributed by atoms with E-state index in [0.29, 0.717) is 36.0 Å². The first kappa shape index (κ1) is 19.9. The first-order chi connectivity index (χ1) is 12.9. The Balaban J connectivity index is 1.84. The van der Waals surface area contributed by atoms with Gasteiger partial charge in [-0.05, 0) is 38.1 Å². The van der Waals surface area contributed by atoms with Crippen LogP contribution in [0.15, 0.2) is 30.3 Å². The van der Waals surface area contributed by atoms with Gasteiger partial charge in [-0.3, -0.25) is 9.69 Å². The molecule has 146 valence electrons. The summed E-state index contributed by atoms with van der Waals surface area (Å²) < 4.78 is 22.0. The van der Waals surface area contributed by atoms with Gasteiger partial charge in [-0.15, -0.1) is 0 Å². The molecule has 2 unspecified atom stereocenters. The third-order valence-electron chi connectivity index (χ3n) is 5.11. The summed E-state index contributed by atoms with van der Waals surface area (Å²) >= 11 is 6.33. The first-order valence-electron chi connectivity index (χ1n) is 9.08. The van der Waals surface area contributed by atoms with Gasteiger partial charge in [0.05, 0.1) is 18.8 Å². The second-order valence-electron chi connectivity index (χ2n) is 6.96. The molecule has 1 aliphatic heterocycles. The van der Waals surface area contributed by atoms with Crippen LogP contribution in [0.3, 0.4) is 0 Å². The highest BCUT2D eigenvalue weighted by Gasteiger charge is 2.29. The molecule has 0 bridgehead atoms. The smallest absolute Gasteiger partial charge is 0.267 e. The second kappa shape index (κ2) is 8.42. The number of carbonyl (C=O) groups is 1. The molecule has 5 nitrogen and oxygen atoms in total. The van der Waals surface area contributed by atoms with E-state index in [9.17, 15) is 9.18 Å². The summed E-state index contributed by atoms with van der Waals surface area (Å²) in [5.41, 5.74) is 1.98. The summed E-state index contributed by atoms with van der Waals surface area (Å²) in [4.78, 5) is 14.7. The van der Waals surface area contributed by atoms with Gasteiger partial charge in [-0.25, -0.2) is 4.39 Å². The van der Waals surface area contributed by atoms with E-state index in [0.717, 1.165) is 5.69 Å². The minimum atomic E-state index is -0.365. The lowest BCUT2D eigenvalue weighted by Crippen LogP contribution is -2.47. The van der Waals surface area contributed by atoms with Crippen molar-refractivity contribution in [3.63, 3.8) is 0 Å². The van der Waals surface area contributed by atoms with Gasteiger partial charge in [-0.2, -0.15) is 0 Å². The third kappa shape index (κ3) is 4.34. The maximum atomic E-state index is 14.6. The topological polar surface area (TPSA) is 46.5 Å². The van der Waals surface area contributed by atoms with Crippen molar-refractivity contribution in [3.8, 4) is 0 Å². The molecule has 1 amide bonds. The Morgan fingerprint density at radius 3 is 2.81 bits per heavy atom. The Bertz CT molecular complexity index is 803. The minimum absolute atomic E-state index is 0.0398. The predicted octanol–water partition coefficient (Wildman–Crippen LogP) is 3.32. The molecular weight excluding hydrogens is 369 g/mol. The van der Waals surface area contributed by atoms with Crippen LogP contribution in [0.5, 0.6) is 0 Å². The molecule has 0 radical (unpaired) electrons. The standard InChI is InChI=1S/C20H25ClFN3O2/c1-13-7-8-17(24(13)3)20(26)23-11-18(25-9-10-27-14(2)12-25)19-15(21)5-4-6-16(19)22/h4-8,14,18H,9-12H2,1-3H3,(H,23,26). The number of hydrogen-bond donors (Lipinski definition) is 1. The molecule has 0 saturated carbocycles. The maximum Gasteiger partial charge on any atom is 0.267 e. The number of nitrogens with one attached hydrogen (secondary N) is 1. The fourth-order valence-electron chi connectivity index (χ4n) is 3.49. The molecule has 1 aliphatic rings. The highest BCUT2D eigenvalue weighted by Crippen LogP contribution is 2.31. The molecule has 1 fully saturated rings. The van der Waals surface area contributed by atoms with Crippen molar-refractivity contribution >= 4 is 17.5 Å². The second-order valence-corrected chi connectivity index (χ2v) is 7.36. The summed E-state index contributed by atoms with van der Waals surface area (Å²) in [5, 5.41) is 3.31. The maximum absolute atomic E-state index is 14.6. The predicted molar refractivity (Wildman–Crippen MR) is 104 cm³/mol. The molecule has 2 heterocycles. The minimum Gasteiger partial charge on any atom is -0.376 e. The zero-order valence-electron chi connectivity index (χ0n) is 15.8. The number of benzene rings is 1. The van der Waals surface area contributed by atoms with Gasteiger partial charge in [0.25, 0.3) is 5.91 Å². The lowest BCUT2D eigenvalue weighted by Gasteiger charge is -2.38. The fraction of sp³-hybridized carbons (Fsp3) is 0.450. The van der Waals surface area contributed by atoms with Crippen LogP contribution in [0.25, 0.3) is 0 Å². The molecule has 1 aromatic carbocycles. The molecular formula is C20H25ClFN3O2. The molecule has 2 atom stereocenters. The van der Waals surface area contributed by atoms with E-state index in [1.807, 2.05) is 31.5 Å². The van der Waals surface area contributed by atoms with Gasteiger partial charge in [0, 0.05) is 43.0 Å². The van der Waals surface area contributed by atoms with Gasteiger partial charge >= 0.3 is 0 Å². The van der Waals surface area contributed by atoms with Gasteiger partial charge in [-0.1, -0.05) is 17.7 Å². The number of morpholine rings is 1. The van der Waals surface area contributed by atoms with Crippen LogP contribution >= 0.6 is 11.6 Å². The molecule has 7 heteroatoms. The average molecular weight is 394 g/mol. The van der Waals surface area contributed by atoms with Crippen molar-refractivity contribution in [1.82, 2.24) is 14.8 Å². The van der Waals surface area contributed by atoms with E-state index in [1.165, 1.54) is 6.07 Å². The Kier molecular flexibility index (Phi) is 6.19.